The van der Waals surface area contributed by atoms with Gasteiger partial charge in [-0.3, -0.25) is 4.98 Å². The third-order valence-electron chi connectivity index (χ3n) is 2.14. The van der Waals surface area contributed by atoms with Crippen LogP contribution in [0.3, 0.4) is 0 Å². The number of rotatable bonds is 3. The predicted molar refractivity (Wildman–Crippen MR) is 64.8 cm³/mol. The number of aromatic nitrogens is 1. The van der Waals surface area contributed by atoms with Crippen molar-refractivity contribution in [2.24, 2.45) is 0 Å². The van der Waals surface area contributed by atoms with Crippen molar-refractivity contribution >= 4 is 11.8 Å². The molecule has 1 heterocycles. The molecule has 1 aromatic heterocycles. The van der Waals surface area contributed by atoms with Crippen LogP contribution in [0.4, 0.5) is 0 Å². The topological polar surface area (TPSA) is 12.9 Å². The molecule has 0 aliphatic rings. The molecule has 14 heavy (non-hydrogen) atoms. The van der Waals surface area contributed by atoms with Gasteiger partial charge in [-0.1, -0.05) is 33.8 Å². The SMILES string of the molecule is CCSCc1ccc(C(C)(C)C)cn1. The molecule has 0 spiro atoms. The largest absolute Gasteiger partial charge is 0.260 e. The van der Waals surface area contributed by atoms with Crippen LogP contribution in [0.2, 0.25) is 0 Å². The van der Waals surface area contributed by atoms with Crippen molar-refractivity contribution in [3.8, 4) is 0 Å². The van der Waals surface area contributed by atoms with Crippen molar-refractivity contribution in [3.05, 3.63) is 29.6 Å². The molecule has 0 aromatic carbocycles. The summed E-state index contributed by atoms with van der Waals surface area (Å²) in [5, 5.41) is 0. The van der Waals surface area contributed by atoms with Crippen LogP contribution in [0.1, 0.15) is 39.0 Å². The van der Waals surface area contributed by atoms with Crippen molar-refractivity contribution < 1.29 is 0 Å². The van der Waals surface area contributed by atoms with E-state index in [1.165, 1.54) is 11.3 Å². The highest BCUT2D eigenvalue weighted by molar-refractivity contribution is 7.98. The van der Waals surface area contributed by atoms with Gasteiger partial charge < -0.3 is 0 Å². The van der Waals surface area contributed by atoms with Crippen LogP contribution >= 0.6 is 11.8 Å². The van der Waals surface area contributed by atoms with Crippen LogP contribution in [0, 0.1) is 0 Å². The first kappa shape index (κ1) is 11.6. The lowest BCUT2D eigenvalue weighted by atomic mass is 9.88. The third-order valence-corrected chi connectivity index (χ3v) is 3.05. The molecule has 0 N–H and O–H groups in total. The average Bonchev–Trinajstić information content (AvgIpc) is 2.14. The fraction of sp³-hybridized carbons (Fsp3) is 0.583. The molecule has 0 radical (unpaired) electrons. The highest BCUT2D eigenvalue weighted by atomic mass is 32.2. The molecular formula is C12H19NS. The van der Waals surface area contributed by atoms with E-state index in [4.69, 9.17) is 0 Å². The van der Waals surface area contributed by atoms with Gasteiger partial charge in [-0.15, -0.1) is 0 Å². The Hall–Kier alpha value is -0.500. The first-order chi connectivity index (χ1) is 6.54. The van der Waals surface area contributed by atoms with E-state index >= 15 is 0 Å². The molecule has 78 valence electrons. The van der Waals surface area contributed by atoms with E-state index in [1.54, 1.807) is 0 Å². The third kappa shape index (κ3) is 3.33. The van der Waals surface area contributed by atoms with Gasteiger partial charge in [0.1, 0.15) is 0 Å². The molecule has 0 unspecified atom stereocenters. The van der Waals surface area contributed by atoms with Gasteiger partial charge in [0, 0.05) is 11.9 Å². The van der Waals surface area contributed by atoms with Crippen LogP contribution in [0.25, 0.3) is 0 Å². The maximum atomic E-state index is 4.46. The van der Waals surface area contributed by atoms with E-state index in [0.717, 1.165) is 11.5 Å². The Kier molecular flexibility index (Phi) is 3.99. The van der Waals surface area contributed by atoms with E-state index in [-0.39, 0.29) is 5.41 Å². The van der Waals surface area contributed by atoms with E-state index in [9.17, 15) is 0 Å². The molecule has 1 rings (SSSR count). The minimum atomic E-state index is 0.212. The van der Waals surface area contributed by atoms with Crippen LogP contribution in [0.5, 0.6) is 0 Å². The summed E-state index contributed by atoms with van der Waals surface area (Å²) >= 11 is 1.91. The quantitative estimate of drug-likeness (QED) is 0.754. The molecule has 2 heteroatoms. The van der Waals surface area contributed by atoms with Crippen LogP contribution in [-0.2, 0) is 11.2 Å². The van der Waals surface area contributed by atoms with Crippen molar-refractivity contribution in [1.82, 2.24) is 4.98 Å². The summed E-state index contributed by atoms with van der Waals surface area (Å²) in [4.78, 5) is 4.46. The first-order valence-corrected chi connectivity index (χ1v) is 6.22. The summed E-state index contributed by atoms with van der Waals surface area (Å²) in [6.07, 6.45) is 2.01. The number of pyridine rings is 1. The minimum absolute atomic E-state index is 0.212. The zero-order valence-corrected chi connectivity index (χ0v) is 10.3. The average molecular weight is 209 g/mol. The van der Waals surface area contributed by atoms with Gasteiger partial charge in [-0.2, -0.15) is 11.8 Å². The van der Waals surface area contributed by atoms with E-state index in [0.29, 0.717) is 0 Å². The smallest absolute Gasteiger partial charge is 0.0502 e. The molecule has 0 saturated carbocycles. The second-order valence-electron chi connectivity index (χ2n) is 4.43. The monoisotopic (exact) mass is 209 g/mol. The zero-order chi connectivity index (χ0) is 10.6. The summed E-state index contributed by atoms with van der Waals surface area (Å²) in [6.45, 7) is 8.81. The lowest BCUT2D eigenvalue weighted by molar-refractivity contribution is 0.587. The number of hydrogen-bond donors (Lipinski definition) is 0. The Morgan fingerprint density at radius 3 is 2.43 bits per heavy atom. The molecule has 0 bridgehead atoms. The fourth-order valence-corrected chi connectivity index (χ4v) is 1.74. The van der Waals surface area contributed by atoms with Gasteiger partial charge in [-0.05, 0) is 22.8 Å². The molecule has 0 amide bonds. The second-order valence-corrected chi connectivity index (χ2v) is 5.70. The normalized spacial score (nSPS) is 11.7. The highest BCUT2D eigenvalue weighted by Gasteiger charge is 2.13. The summed E-state index contributed by atoms with van der Waals surface area (Å²) in [7, 11) is 0. The number of thioether (sulfide) groups is 1. The van der Waals surface area contributed by atoms with Crippen LogP contribution < -0.4 is 0 Å². The summed E-state index contributed by atoms with van der Waals surface area (Å²) in [6, 6.07) is 4.34. The Bertz CT molecular complexity index is 271. The summed E-state index contributed by atoms with van der Waals surface area (Å²) in [5.41, 5.74) is 2.70. The van der Waals surface area contributed by atoms with Gasteiger partial charge in [0.25, 0.3) is 0 Å². The maximum absolute atomic E-state index is 4.46. The molecular weight excluding hydrogens is 190 g/mol. The second kappa shape index (κ2) is 4.83. The summed E-state index contributed by atoms with van der Waals surface area (Å²) in [5.74, 6) is 2.18. The van der Waals surface area contributed by atoms with Crippen LogP contribution in [0.15, 0.2) is 18.3 Å². The number of hydrogen-bond acceptors (Lipinski definition) is 2. The first-order valence-electron chi connectivity index (χ1n) is 5.07. The maximum Gasteiger partial charge on any atom is 0.0502 e. The van der Waals surface area contributed by atoms with E-state index < -0.39 is 0 Å². The lowest BCUT2D eigenvalue weighted by Crippen LogP contribution is -2.11. The minimum Gasteiger partial charge on any atom is -0.260 e. The fourth-order valence-electron chi connectivity index (χ4n) is 1.16. The molecule has 0 atom stereocenters. The molecule has 1 aromatic rings. The Morgan fingerprint density at radius 2 is 2.00 bits per heavy atom. The highest BCUT2D eigenvalue weighted by Crippen LogP contribution is 2.21. The van der Waals surface area contributed by atoms with E-state index in [1.807, 2.05) is 18.0 Å². The Morgan fingerprint density at radius 1 is 1.29 bits per heavy atom. The van der Waals surface area contributed by atoms with Crippen LogP contribution in [-0.4, -0.2) is 10.7 Å². The van der Waals surface area contributed by atoms with Gasteiger partial charge in [0.2, 0.25) is 0 Å². The lowest BCUT2D eigenvalue weighted by Gasteiger charge is -2.18. The van der Waals surface area contributed by atoms with Gasteiger partial charge >= 0.3 is 0 Å². The molecule has 1 nitrogen and oxygen atoms in total. The molecule has 0 saturated heterocycles. The summed E-state index contributed by atoms with van der Waals surface area (Å²) < 4.78 is 0. The van der Waals surface area contributed by atoms with Gasteiger partial charge in [0.15, 0.2) is 0 Å². The number of nitrogens with zero attached hydrogens (tertiary/aromatic N) is 1. The molecule has 0 aliphatic heterocycles. The van der Waals surface area contributed by atoms with Gasteiger partial charge in [-0.25, -0.2) is 0 Å². The zero-order valence-electron chi connectivity index (χ0n) is 9.50. The Labute approximate surface area is 91.3 Å². The molecule has 0 fully saturated rings. The predicted octanol–water partition coefficient (Wildman–Crippen LogP) is 3.63. The molecule has 0 aliphatic carbocycles. The Balaban J connectivity index is 2.69. The van der Waals surface area contributed by atoms with Gasteiger partial charge in [0.05, 0.1) is 5.69 Å². The van der Waals surface area contributed by atoms with Crippen molar-refractivity contribution in [1.29, 1.82) is 0 Å². The van der Waals surface area contributed by atoms with E-state index in [2.05, 4.69) is 44.8 Å². The van der Waals surface area contributed by atoms with Crippen molar-refractivity contribution in [2.75, 3.05) is 5.75 Å². The standard InChI is InChI=1S/C12H19NS/c1-5-14-9-11-7-6-10(8-13-11)12(2,3)4/h6-8H,5,9H2,1-4H3. The van der Waals surface area contributed by atoms with Crippen molar-refractivity contribution in [3.63, 3.8) is 0 Å². The van der Waals surface area contributed by atoms with Crippen molar-refractivity contribution in [2.45, 2.75) is 38.9 Å².